The molecule has 4 aromatic carbocycles. The molecule has 3 amide bonds. The molecule has 0 aromatic heterocycles. The van der Waals surface area contributed by atoms with Crippen LogP contribution in [0.15, 0.2) is 121 Å². The number of carbonyl (C=O) groups is 10. The number of nitrogens with one attached hydrogen (secondary N) is 7. The average Bonchev–Trinajstić information content (AvgIpc) is 0.937. The van der Waals surface area contributed by atoms with Crippen LogP contribution in [-0.4, -0.2) is 245 Å². The van der Waals surface area contributed by atoms with E-state index in [0.29, 0.717) is 45.6 Å². The first kappa shape index (κ1) is 122. The van der Waals surface area contributed by atoms with Crippen LogP contribution in [0.4, 0.5) is 0 Å². The number of benzene rings is 4. The second-order valence-corrected chi connectivity index (χ2v) is 19.6. The number of aliphatic hydroxyl groups excluding tert-OH is 3. The van der Waals surface area contributed by atoms with Crippen molar-refractivity contribution in [3.63, 3.8) is 0 Å². The van der Waals surface area contributed by atoms with Crippen LogP contribution in [0.1, 0.15) is 55.9 Å². The van der Waals surface area contributed by atoms with Crippen LogP contribution in [-0.2, 0) is 191 Å². The number of carbonyl (C=O) groups excluding carboxylic acids is 7. The average molecular weight is 2090 g/mol. The van der Waals surface area contributed by atoms with E-state index < -0.39 is 72.7 Å². The quantitative estimate of drug-likeness (QED) is 0.0105. The van der Waals surface area contributed by atoms with E-state index in [4.69, 9.17) is 62.8 Å². The van der Waals surface area contributed by atoms with Crippen molar-refractivity contribution in [1.29, 1.82) is 0 Å². The van der Waals surface area contributed by atoms with Crippen LogP contribution < -0.4 is 48.7 Å². The molecule has 0 spiro atoms. The van der Waals surface area contributed by atoms with Gasteiger partial charge in [-0.15, -0.1) is 0 Å². The van der Waals surface area contributed by atoms with E-state index in [-0.39, 0.29) is 107 Å². The molecule has 0 heterocycles. The molecule has 32 nitrogen and oxygen atoms in total. The van der Waals surface area contributed by atoms with E-state index in [2.05, 4.69) is 91.9 Å². The summed E-state index contributed by atoms with van der Waals surface area (Å²) in [7, 11) is 12.5. The molecule has 4 aromatic rings. The van der Waals surface area contributed by atoms with Crippen molar-refractivity contribution < 1.29 is 196 Å². The number of esters is 2. The molecule has 618 valence electrons. The Kier molecular flexibility index (Phi) is 105. The number of hydrogen-bond donors (Lipinski definition) is 15. The summed E-state index contributed by atoms with van der Waals surface area (Å²) in [5, 5.41) is 68.3. The number of amides is 3. The van der Waals surface area contributed by atoms with E-state index in [1.807, 2.05) is 131 Å². The Bertz CT molecular complexity index is 2730. The second-order valence-electron chi connectivity index (χ2n) is 19.6. The van der Waals surface area contributed by atoms with Gasteiger partial charge in [0.05, 0.1) is 52.3 Å². The van der Waals surface area contributed by atoms with Gasteiger partial charge in [0.2, 0.25) is 17.7 Å². The van der Waals surface area contributed by atoms with Gasteiger partial charge in [-0.2, -0.15) is 0 Å². The molecule has 0 unspecified atom stereocenters. The number of hydrogen-bond acceptors (Lipinski definition) is 26. The van der Waals surface area contributed by atoms with Crippen molar-refractivity contribution >= 4 is 104 Å². The topological polar surface area (TPSA) is 509 Å². The van der Waals surface area contributed by atoms with Crippen molar-refractivity contribution in [2.45, 2.75) is 102 Å². The van der Waals surface area contributed by atoms with Gasteiger partial charge in [0.15, 0.2) is 11.6 Å². The number of halogens is 2. The number of ketones is 2. The zero-order valence-corrected chi connectivity index (χ0v) is 71.3. The van der Waals surface area contributed by atoms with E-state index in [1.54, 1.807) is 77.4 Å². The van der Waals surface area contributed by atoms with Gasteiger partial charge in [0, 0.05) is 120 Å². The van der Waals surface area contributed by atoms with Crippen molar-refractivity contribution in [2.75, 3.05) is 113 Å². The zero-order valence-electron chi connectivity index (χ0n) is 61.0. The molecule has 0 aliphatic heterocycles. The SMILES string of the molecule is CC(=O)OC(C)=O.CI.CI.CN[C@H](CO)C(=O)NCc1ccccc1.CN[C@H](CO)C(=O)O.CN[C@H](COC)C(=O)NCc1ccccc1.CN[C@H](COC)C(=O)O.COC[C@@H](N)C(=O)CCc1ccccc1.COC[C@@H](NC(C)=O)C(=O)CCc1ccccc1.N[C@H](CO)C(=O)O.[Ag].[Ag].[O]=[Ag].[O]=[Ag]. The van der Waals surface area contributed by atoms with Gasteiger partial charge in [-0.25, -0.2) is 0 Å². The molecule has 0 aliphatic carbocycles. The predicted octanol–water partition coefficient (Wildman–Crippen LogP) is 1.22. The Morgan fingerprint density at radius 1 is 0.410 bits per heavy atom. The maximum absolute atomic E-state index is 11.9. The number of carboxylic acids is 3. The van der Waals surface area contributed by atoms with Gasteiger partial charge >= 0.3 is 78.4 Å². The summed E-state index contributed by atoms with van der Waals surface area (Å²) < 4.78 is 39.4. The number of carboxylic acid groups (broad SMARTS) is 3. The number of likely N-dealkylation sites (N-methyl/N-ethyl adjacent to an activating group) is 4. The predicted molar refractivity (Wildman–Crippen MR) is 396 cm³/mol. The summed E-state index contributed by atoms with van der Waals surface area (Å²) in [5.74, 6) is -4.63. The number of nitrogens with two attached hydrogens (primary N) is 2. The molecule has 0 bridgehead atoms. The molecule has 38 heteroatoms. The van der Waals surface area contributed by atoms with Gasteiger partial charge in [0.25, 0.3) is 0 Å². The molecule has 4 rings (SSSR count). The molecular formula is C67H109Ag4I2N9O23. The normalized spacial score (nSPS) is 11.2. The number of ether oxygens (including phenoxy) is 5. The van der Waals surface area contributed by atoms with Crippen molar-refractivity contribution in [2.24, 2.45) is 11.5 Å². The number of methoxy groups -OCH3 is 4. The van der Waals surface area contributed by atoms with Crippen molar-refractivity contribution in [3.05, 3.63) is 144 Å². The van der Waals surface area contributed by atoms with Crippen molar-refractivity contribution in [1.82, 2.24) is 37.2 Å². The third kappa shape index (κ3) is 79.1. The third-order valence-electron chi connectivity index (χ3n) is 11.9. The van der Waals surface area contributed by atoms with Crippen LogP contribution in [0, 0.1) is 0 Å². The fraction of sp³-hybridized carbons (Fsp3) is 0.493. The van der Waals surface area contributed by atoms with E-state index >= 15 is 0 Å². The van der Waals surface area contributed by atoms with E-state index in [9.17, 15) is 47.9 Å². The van der Waals surface area contributed by atoms with Crippen LogP contribution >= 0.6 is 45.2 Å². The Morgan fingerprint density at radius 2 is 0.705 bits per heavy atom. The first-order valence-corrected chi connectivity index (χ1v) is 36.1. The van der Waals surface area contributed by atoms with Gasteiger partial charge in [-0.1, -0.05) is 167 Å². The van der Waals surface area contributed by atoms with E-state index in [0.717, 1.165) is 28.7 Å². The first-order valence-electron chi connectivity index (χ1n) is 30.6. The Morgan fingerprint density at radius 3 is 0.933 bits per heavy atom. The fourth-order valence-corrected chi connectivity index (χ4v) is 6.68. The minimum atomic E-state index is -1.18. The molecule has 2 radical (unpaired) electrons. The molecule has 17 N–H and O–H groups in total. The summed E-state index contributed by atoms with van der Waals surface area (Å²) in [6, 6.07) is 34.8. The van der Waals surface area contributed by atoms with Crippen LogP contribution in [0.3, 0.4) is 0 Å². The number of Topliss-reactive ketones (excluding diaryl/α,β-unsaturated/α-hetero) is 2. The number of aliphatic hydroxyl groups is 3. The Balaban J connectivity index is -0.000000123. The number of aryl methyl sites for hydroxylation is 2. The first-order chi connectivity index (χ1) is 49.2. The third-order valence-corrected chi connectivity index (χ3v) is 11.9. The molecule has 0 aliphatic rings. The Hall–Kier alpha value is -4.32. The van der Waals surface area contributed by atoms with Crippen LogP contribution in [0.25, 0.3) is 0 Å². The molecule has 105 heavy (non-hydrogen) atoms. The molecule has 7 atom stereocenters. The van der Waals surface area contributed by atoms with Crippen LogP contribution in [0.2, 0.25) is 0 Å². The monoisotopic (exact) mass is 2090 g/mol. The summed E-state index contributed by atoms with van der Waals surface area (Å²) in [5.41, 5.74) is 14.8. The zero-order chi connectivity index (χ0) is 80.9. The molecule has 0 saturated carbocycles. The number of aliphatic carboxylic acids is 3. The molecular weight excluding hydrogens is 1980 g/mol. The summed E-state index contributed by atoms with van der Waals surface area (Å²) in [6.07, 6.45) is 2.31. The fourth-order valence-electron chi connectivity index (χ4n) is 6.68. The van der Waals surface area contributed by atoms with Gasteiger partial charge in [-0.05, 0) is 73.1 Å². The van der Waals surface area contributed by atoms with Gasteiger partial charge in [-0.3, -0.25) is 47.9 Å². The second kappa shape index (κ2) is 90.3. The molecule has 0 saturated heterocycles. The summed E-state index contributed by atoms with van der Waals surface area (Å²) in [4.78, 5) is 111. The van der Waals surface area contributed by atoms with Gasteiger partial charge in [0.1, 0.15) is 36.3 Å². The summed E-state index contributed by atoms with van der Waals surface area (Å²) >= 11 is 7.70. The van der Waals surface area contributed by atoms with Crippen LogP contribution in [0.5, 0.6) is 0 Å². The Labute approximate surface area is 700 Å². The molecule has 0 fully saturated rings. The maximum atomic E-state index is 11.9. The van der Waals surface area contributed by atoms with Crippen molar-refractivity contribution in [3.8, 4) is 0 Å². The minimum absolute atomic E-state index is 0. The number of alkyl halides is 2. The van der Waals surface area contributed by atoms with E-state index in [1.165, 1.54) is 42.0 Å². The van der Waals surface area contributed by atoms with Gasteiger partial charge < -0.3 is 103 Å². The summed E-state index contributed by atoms with van der Waals surface area (Å²) in [6.45, 7) is 4.80. The number of rotatable bonds is 33. The standard InChI is InChI=1S/C14H19NO3.C12H18N2O2.C12H17NO2.C11H16N2O2.C5H11NO3.C4H9NO3.C4H6O3.C3H7NO3.2CH3I.4Ag.2O/c1-11(16)15-13(10-18-2)14(17)9-8-12-6-4-3-5-7-12;1-13-11(9-16-2)12(15)14-8-10-6-4-3-5-7-10;1-15-9-11(13)12(14)8-7-10-5-3-2-4-6-10;1-12-10(8-14)11(15)13-7-9-5-3-2-4-6-9;1-6-4(3-9-2)5(7)8;1-5-3(2-6)4(7)8;1-3(5)7-4(2)6;4-2(1-5)3(6)7;2*1-2;;;;;;/h3-7,13H,8-10H2,1-2H3,(H,15,16);3-7,11,13H,8-9H2,1-2H3,(H,14,15);2-6,11H,7-9,13H2,1H3;2-6,10,12,14H,7-8H2,1H3,(H,13,15);4,6H,3H2,1-2H3,(H,7,8);3,5-6H,2H2,1H3,(H,7,8);1-2H3;2,5H,1,4H2,(H,6,7);2*1H3;;;;;;/t13-;2*11-;10-;4-;3-;;2-;;;;;;;;/m111111.1......../s1.